The highest BCUT2D eigenvalue weighted by molar-refractivity contribution is 14.0. The van der Waals surface area contributed by atoms with Crippen molar-refractivity contribution in [3.05, 3.63) is 11.3 Å². The van der Waals surface area contributed by atoms with Crippen LogP contribution in [0.25, 0.3) is 0 Å². The molecule has 0 bridgehead atoms. The first-order chi connectivity index (χ1) is 18.7. The van der Waals surface area contributed by atoms with E-state index in [9.17, 15) is 48.6 Å². The van der Waals surface area contributed by atoms with E-state index >= 15 is 0 Å². The minimum absolute atomic E-state index is 0. The number of aliphatic hydroxyl groups excluding tert-OH is 1. The molecule has 7 N–H and O–H groups in total. The van der Waals surface area contributed by atoms with Crippen LogP contribution in [0.1, 0.15) is 92.4 Å². The van der Waals surface area contributed by atoms with Gasteiger partial charge in [0.25, 0.3) is 0 Å². The minimum atomic E-state index is -2.26. The normalized spacial score (nSPS) is 13.8. The fourth-order valence-electron chi connectivity index (χ4n) is 3.16. The quantitative estimate of drug-likeness (QED) is 0.124. The average molecular weight is 787 g/mol. The van der Waals surface area contributed by atoms with Crippen LogP contribution in [0.15, 0.2) is 11.3 Å². The maximum Gasteiger partial charge on any atom is 0.336 e. The van der Waals surface area contributed by atoms with E-state index in [-0.39, 0.29) is 74.7 Å². The molecule has 0 heterocycles. The van der Waals surface area contributed by atoms with Crippen LogP contribution in [0.3, 0.4) is 0 Å². The van der Waals surface area contributed by atoms with Crippen LogP contribution in [-0.4, -0.2) is 94.0 Å². The summed E-state index contributed by atoms with van der Waals surface area (Å²) in [6, 6.07) is 0. The van der Waals surface area contributed by atoms with Gasteiger partial charge in [-0.05, 0) is 45.6 Å². The molecule has 2 atom stereocenters. The van der Waals surface area contributed by atoms with Crippen LogP contribution in [0.5, 0.6) is 0 Å². The molecule has 0 spiro atoms. The van der Waals surface area contributed by atoms with Crippen LogP contribution in [0, 0.1) is 0 Å². The summed E-state index contributed by atoms with van der Waals surface area (Å²) >= 11 is 0. The number of carbonyl (C=O) groups is 8. The number of hydrogen-bond acceptors (Lipinski definition) is 11. The number of aliphatic hydroxyl groups is 3. The van der Waals surface area contributed by atoms with Crippen LogP contribution in [0.2, 0.25) is 0 Å². The zero-order valence-electron chi connectivity index (χ0n) is 25.1. The van der Waals surface area contributed by atoms with Crippen molar-refractivity contribution < 1.29 is 74.1 Å². The first-order valence-corrected chi connectivity index (χ1v) is 12.4. The van der Waals surface area contributed by atoms with Gasteiger partial charge in [0, 0.05) is 38.5 Å². The van der Waals surface area contributed by atoms with Gasteiger partial charge in [0.15, 0.2) is 22.7 Å². The van der Waals surface area contributed by atoms with Gasteiger partial charge in [-0.3, -0.25) is 28.8 Å². The fraction of sp³-hybridized carbons (Fsp3) is 0.615. The van der Waals surface area contributed by atoms with Crippen molar-refractivity contribution in [3.8, 4) is 0 Å². The summed E-state index contributed by atoms with van der Waals surface area (Å²) in [5, 5.41) is 61.7. The highest BCUT2D eigenvalue weighted by Gasteiger charge is 2.38. The van der Waals surface area contributed by atoms with Crippen molar-refractivity contribution >= 4 is 98.0 Å². The second-order valence-corrected chi connectivity index (χ2v) is 8.97. The Morgan fingerprint density at radius 1 is 0.682 bits per heavy atom. The third-order valence-corrected chi connectivity index (χ3v) is 5.10. The summed E-state index contributed by atoms with van der Waals surface area (Å²) in [7, 11) is 0. The molecule has 1 aliphatic rings. The lowest BCUT2D eigenvalue weighted by atomic mass is 9.92. The number of carboxylic acid groups (broad SMARTS) is 4. The molecule has 0 aromatic heterocycles. The van der Waals surface area contributed by atoms with E-state index in [2.05, 4.69) is 0 Å². The van der Waals surface area contributed by atoms with Gasteiger partial charge in [0.2, 0.25) is 0 Å². The fourth-order valence-corrected chi connectivity index (χ4v) is 3.16. The van der Waals surface area contributed by atoms with Gasteiger partial charge in [-0.25, -0.2) is 9.59 Å². The molecule has 0 fully saturated rings. The number of ketones is 4. The largest absolute Gasteiger partial charge is 2.00 e. The van der Waals surface area contributed by atoms with Crippen molar-refractivity contribution in [3.63, 3.8) is 0 Å². The first-order valence-electron chi connectivity index (χ1n) is 12.4. The van der Waals surface area contributed by atoms with E-state index in [0.717, 1.165) is 13.8 Å². The standard InChI is InChI=1S/2C8H12O6.C8H10O3.C2H6.HI.H2S.S/c2*1-5(9)4-8(14,7(12)13)3-2-6(10)11;1-5(9)4-6-2-3-7(10)8(6)11;1-2;;;/h2*14H,2-4H2,1H3,(H,10,11)(H,12,13);11H,2-4H2,1H3;1-2H3;1H;1H2;/q;;;;;;-2/t2*8-;;;;;/m10...../s1. The lowest BCUT2D eigenvalue weighted by Crippen LogP contribution is -2.40. The highest BCUT2D eigenvalue weighted by Crippen LogP contribution is 2.23. The minimum Gasteiger partial charge on any atom is -2.00 e. The van der Waals surface area contributed by atoms with Gasteiger partial charge in [0.05, 0.1) is 0 Å². The molecule has 258 valence electrons. The second kappa shape index (κ2) is 26.8. The third-order valence-electron chi connectivity index (χ3n) is 5.10. The molecular formula is C26H43IO15S2-2. The van der Waals surface area contributed by atoms with Crippen molar-refractivity contribution in [1.82, 2.24) is 0 Å². The predicted molar refractivity (Wildman–Crippen MR) is 173 cm³/mol. The maximum absolute atomic E-state index is 10.7. The first kappa shape index (κ1) is 54.0. The number of carboxylic acids is 4. The van der Waals surface area contributed by atoms with Gasteiger partial charge in [-0.15, -0.1) is 24.0 Å². The Hall–Kier alpha value is -2.55. The van der Waals surface area contributed by atoms with Crippen LogP contribution in [-0.2, 0) is 51.9 Å². The Kier molecular flexibility index (Phi) is 32.9. The number of halogens is 1. The van der Waals surface area contributed by atoms with Gasteiger partial charge in [0.1, 0.15) is 17.3 Å². The summed E-state index contributed by atoms with van der Waals surface area (Å²) in [4.78, 5) is 84.1. The number of allylic oxidation sites excluding steroid dienone is 2. The van der Waals surface area contributed by atoms with Crippen LogP contribution in [0.4, 0.5) is 0 Å². The zero-order chi connectivity index (χ0) is 33.1. The van der Waals surface area contributed by atoms with E-state index in [0.29, 0.717) is 18.4 Å². The van der Waals surface area contributed by atoms with E-state index in [4.69, 9.17) is 25.5 Å². The lowest BCUT2D eigenvalue weighted by molar-refractivity contribution is -0.163. The molecule has 0 aromatic rings. The molecule has 0 amide bonds. The Balaban J connectivity index is -0.000000116. The van der Waals surface area contributed by atoms with Crippen molar-refractivity contribution in [1.29, 1.82) is 0 Å². The summed E-state index contributed by atoms with van der Waals surface area (Å²) in [6.07, 6.45) is -1.96. The Morgan fingerprint density at radius 3 is 1.18 bits per heavy atom. The molecule has 15 nitrogen and oxygen atoms in total. The summed E-state index contributed by atoms with van der Waals surface area (Å²) in [5.74, 6) is -7.01. The summed E-state index contributed by atoms with van der Waals surface area (Å²) in [6.45, 7) is 7.71. The molecule has 1 aliphatic carbocycles. The number of aliphatic carboxylic acids is 4. The van der Waals surface area contributed by atoms with Crippen molar-refractivity contribution in [2.45, 2.75) is 104 Å². The molecule has 0 unspecified atom stereocenters. The highest BCUT2D eigenvalue weighted by atomic mass is 127. The van der Waals surface area contributed by atoms with Crippen LogP contribution >= 0.6 is 37.5 Å². The van der Waals surface area contributed by atoms with Gasteiger partial charge >= 0.3 is 23.9 Å². The van der Waals surface area contributed by atoms with E-state index < -0.39 is 85.2 Å². The number of hydrogen-bond donors (Lipinski definition) is 7. The molecule has 0 aliphatic heterocycles. The zero-order valence-corrected chi connectivity index (χ0v) is 29.2. The second-order valence-electron chi connectivity index (χ2n) is 8.97. The molecule has 0 aromatic carbocycles. The number of rotatable bonds is 14. The molecule has 0 saturated carbocycles. The van der Waals surface area contributed by atoms with E-state index in [1.54, 1.807) is 0 Å². The monoisotopic (exact) mass is 786 g/mol. The number of carbonyl (C=O) groups excluding carboxylic acids is 4. The third kappa shape index (κ3) is 24.8. The molecular weight excluding hydrogens is 743 g/mol. The Morgan fingerprint density at radius 2 is 1.00 bits per heavy atom. The predicted octanol–water partition coefficient (Wildman–Crippen LogP) is 2.19. The molecule has 0 saturated heterocycles. The van der Waals surface area contributed by atoms with Gasteiger partial charge < -0.3 is 49.2 Å². The SMILES string of the molecule is CC.CC(=O)CC1=C(O)C(=O)CC1.CC(=O)C[C@@](O)(CCC(=O)O)C(=O)O.CC(=O)C[C@](O)(CCC(=O)O)C(=O)O.I.S.[S-2]. The van der Waals surface area contributed by atoms with Gasteiger partial charge in [-0.1, -0.05) is 13.8 Å². The number of Topliss-reactive ketones (excluding diaryl/α,β-unsaturated/α-hetero) is 4. The van der Waals surface area contributed by atoms with Crippen molar-refractivity contribution in [2.24, 2.45) is 0 Å². The average Bonchev–Trinajstić information content (AvgIpc) is 3.14. The summed E-state index contributed by atoms with van der Waals surface area (Å²) in [5.41, 5.74) is -3.92. The lowest BCUT2D eigenvalue weighted by Gasteiger charge is -2.20. The van der Waals surface area contributed by atoms with Crippen molar-refractivity contribution in [2.75, 3.05) is 0 Å². The summed E-state index contributed by atoms with van der Waals surface area (Å²) < 4.78 is 0. The Bertz CT molecular complexity index is 975. The molecule has 18 heteroatoms. The molecule has 0 radical (unpaired) electrons. The maximum atomic E-state index is 10.7. The van der Waals surface area contributed by atoms with Crippen LogP contribution < -0.4 is 0 Å². The molecule has 44 heavy (non-hydrogen) atoms. The van der Waals surface area contributed by atoms with Gasteiger partial charge in [-0.2, -0.15) is 13.5 Å². The van der Waals surface area contributed by atoms with E-state index in [1.165, 1.54) is 6.92 Å². The smallest absolute Gasteiger partial charge is 0.336 e. The van der Waals surface area contributed by atoms with E-state index in [1.807, 2.05) is 13.8 Å². The topological polar surface area (TPSA) is 278 Å². The molecule has 1 rings (SSSR count). The Labute approximate surface area is 286 Å².